The Balaban J connectivity index is 1.69. The van der Waals surface area contributed by atoms with Crippen LogP contribution in [0.3, 0.4) is 0 Å². The first-order valence-corrected chi connectivity index (χ1v) is 29.1. The number of hydrogen-bond donors (Lipinski definition) is 7. The molecule has 422 valence electrons. The molecule has 11 atom stereocenters. The highest BCUT2D eigenvalue weighted by Crippen LogP contribution is 2.27. The molecule has 0 aromatic rings. The fourth-order valence-corrected chi connectivity index (χ4v) is 9.13. The molecule has 0 amide bonds. The number of esters is 1. The molecule has 0 aliphatic carbocycles. The Morgan fingerprint density at radius 1 is 0.458 bits per heavy atom. The van der Waals surface area contributed by atoms with Crippen LogP contribution in [0.2, 0.25) is 0 Å². The lowest BCUT2D eigenvalue weighted by molar-refractivity contribution is -0.332. The lowest BCUT2D eigenvalue weighted by Gasteiger charge is -2.42. The lowest BCUT2D eigenvalue weighted by atomic mass is 9.98. The summed E-state index contributed by atoms with van der Waals surface area (Å²) in [4.78, 5) is 13.0. The monoisotopic (exact) mass is 1030 g/mol. The molecule has 0 spiro atoms. The number of carbonyl (C=O) groups is 1. The maximum absolute atomic E-state index is 13.0. The standard InChI is InChI=1S/C58H106O14/c1-3-5-7-9-11-13-15-17-19-20-21-22-23-24-25-26-27-28-30-32-34-36-38-40-42-67-44-47(70-50(60)41-39-37-35-33-31-29-18-16-14-12-10-8-6-4-2)45-68-57-56(66)54(64)52(62)49(72-57)46-69-58-55(65)53(63)51(61)48(43-59)71-58/h15-18,20-21,47-49,51-59,61-66H,3-14,19,22-46H2,1-2H3/b17-15-,18-16-,21-20-. The van der Waals surface area contributed by atoms with Gasteiger partial charge in [0.1, 0.15) is 54.9 Å². The van der Waals surface area contributed by atoms with Gasteiger partial charge >= 0.3 is 5.97 Å². The van der Waals surface area contributed by atoms with Crippen LogP contribution in [0.1, 0.15) is 226 Å². The van der Waals surface area contributed by atoms with E-state index < -0.39 is 80.7 Å². The fourth-order valence-electron chi connectivity index (χ4n) is 9.13. The maximum Gasteiger partial charge on any atom is 0.306 e. The fraction of sp³-hybridized carbons (Fsp3) is 0.879. The minimum Gasteiger partial charge on any atom is -0.457 e. The Bertz CT molecular complexity index is 1330. The maximum atomic E-state index is 13.0. The van der Waals surface area contributed by atoms with E-state index in [0.29, 0.717) is 13.0 Å². The first-order valence-electron chi connectivity index (χ1n) is 29.1. The molecule has 0 saturated carbocycles. The summed E-state index contributed by atoms with van der Waals surface area (Å²) >= 11 is 0. The third-order valence-corrected chi connectivity index (χ3v) is 13.9. The van der Waals surface area contributed by atoms with E-state index >= 15 is 0 Å². The second kappa shape index (κ2) is 45.4. The second-order valence-electron chi connectivity index (χ2n) is 20.5. The van der Waals surface area contributed by atoms with Crippen molar-refractivity contribution in [3.05, 3.63) is 36.5 Å². The lowest BCUT2D eigenvalue weighted by Crippen LogP contribution is -2.61. The van der Waals surface area contributed by atoms with Crippen molar-refractivity contribution in [2.45, 2.75) is 293 Å². The molecule has 0 aromatic heterocycles. The molecule has 0 radical (unpaired) electrons. The zero-order valence-electron chi connectivity index (χ0n) is 45.2. The van der Waals surface area contributed by atoms with Crippen LogP contribution in [0.15, 0.2) is 36.5 Å². The van der Waals surface area contributed by atoms with Gasteiger partial charge < -0.3 is 64.2 Å². The first-order chi connectivity index (χ1) is 35.1. The van der Waals surface area contributed by atoms with E-state index in [1.54, 1.807) is 0 Å². The molecule has 2 aliphatic heterocycles. The highest BCUT2D eigenvalue weighted by Gasteiger charge is 2.47. The topological polar surface area (TPSA) is 214 Å². The van der Waals surface area contributed by atoms with Gasteiger partial charge in [0, 0.05) is 13.0 Å². The molecule has 2 aliphatic rings. The summed E-state index contributed by atoms with van der Waals surface area (Å²) in [5.74, 6) is -0.384. The molecular weight excluding hydrogens is 921 g/mol. The van der Waals surface area contributed by atoms with Crippen molar-refractivity contribution in [2.24, 2.45) is 0 Å². The molecule has 14 heteroatoms. The second-order valence-corrected chi connectivity index (χ2v) is 20.5. The molecule has 0 bridgehead atoms. The van der Waals surface area contributed by atoms with Crippen LogP contribution in [0, 0.1) is 0 Å². The van der Waals surface area contributed by atoms with Crippen LogP contribution >= 0.6 is 0 Å². The average molecular weight is 1030 g/mol. The smallest absolute Gasteiger partial charge is 0.306 e. The summed E-state index contributed by atoms with van der Waals surface area (Å²) in [6.45, 7) is 3.68. The predicted octanol–water partition coefficient (Wildman–Crippen LogP) is 10.1. The largest absolute Gasteiger partial charge is 0.457 e. The number of hydrogen-bond acceptors (Lipinski definition) is 14. The molecule has 2 fully saturated rings. The summed E-state index contributed by atoms with van der Waals surface area (Å²) < 4.78 is 34.4. The molecular formula is C58H106O14. The van der Waals surface area contributed by atoms with E-state index in [4.69, 9.17) is 28.4 Å². The summed E-state index contributed by atoms with van der Waals surface area (Å²) in [6, 6.07) is 0. The van der Waals surface area contributed by atoms with E-state index in [1.807, 2.05) is 0 Å². The number of carbonyl (C=O) groups excluding carboxylic acids is 1. The van der Waals surface area contributed by atoms with Gasteiger partial charge in [-0.3, -0.25) is 4.79 Å². The summed E-state index contributed by atoms with van der Waals surface area (Å²) in [5, 5.41) is 72.3. The molecule has 7 N–H and O–H groups in total. The van der Waals surface area contributed by atoms with Crippen molar-refractivity contribution in [3.63, 3.8) is 0 Å². The SMILES string of the molecule is CCCCCCC/C=C\C/C=C\CCCCCCCCCCCCCCOCC(COC1OC(COC2OC(CO)C(O)C(O)C2O)C(O)C(O)C1O)OC(=O)CCCCCCC/C=C\CCCCCCC. The molecule has 14 nitrogen and oxygen atoms in total. The third kappa shape index (κ3) is 31.9. The number of aliphatic hydroxyl groups is 7. The van der Waals surface area contributed by atoms with E-state index in [9.17, 15) is 40.5 Å². The number of rotatable bonds is 47. The van der Waals surface area contributed by atoms with Crippen LogP contribution in [0.4, 0.5) is 0 Å². The van der Waals surface area contributed by atoms with Crippen molar-refractivity contribution in [1.29, 1.82) is 0 Å². The first kappa shape index (κ1) is 66.3. The predicted molar refractivity (Wildman–Crippen MR) is 284 cm³/mol. The van der Waals surface area contributed by atoms with Gasteiger partial charge in [-0.15, -0.1) is 0 Å². The summed E-state index contributed by atoms with van der Waals surface area (Å²) in [6.07, 6.45) is 36.4. The van der Waals surface area contributed by atoms with Gasteiger partial charge in [-0.05, 0) is 70.6 Å². The quantitative estimate of drug-likeness (QED) is 0.0172. The van der Waals surface area contributed by atoms with E-state index in [1.165, 1.54) is 135 Å². The van der Waals surface area contributed by atoms with Gasteiger partial charge in [0.15, 0.2) is 12.6 Å². The highest BCUT2D eigenvalue weighted by molar-refractivity contribution is 5.69. The van der Waals surface area contributed by atoms with Gasteiger partial charge in [0.2, 0.25) is 0 Å². The Labute approximate surface area is 436 Å². The van der Waals surface area contributed by atoms with Gasteiger partial charge in [0.25, 0.3) is 0 Å². The third-order valence-electron chi connectivity index (χ3n) is 13.9. The average Bonchev–Trinajstić information content (AvgIpc) is 3.38. The molecule has 0 aromatic carbocycles. The Morgan fingerprint density at radius 2 is 0.861 bits per heavy atom. The van der Waals surface area contributed by atoms with Gasteiger partial charge in [-0.2, -0.15) is 0 Å². The van der Waals surface area contributed by atoms with Crippen LogP contribution in [0.25, 0.3) is 0 Å². The van der Waals surface area contributed by atoms with Gasteiger partial charge in [0.05, 0.1) is 26.4 Å². The Kier molecular flexibility index (Phi) is 41.8. The van der Waals surface area contributed by atoms with Crippen molar-refractivity contribution in [1.82, 2.24) is 0 Å². The van der Waals surface area contributed by atoms with Gasteiger partial charge in [-0.1, -0.05) is 185 Å². The number of allylic oxidation sites excluding steroid dienone is 6. The minimum atomic E-state index is -1.71. The van der Waals surface area contributed by atoms with Crippen molar-refractivity contribution < 1.29 is 69.0 Å². The Hall–Kier alpha value is -1.79. The minimum absolute atomic E-state index is 0.0588. The molecule has 11 unspecified atom stereocenters. The van der Waals surface area contributed by atoms with E-state index in [2.05, 4.69) is 50.3 Å². The van der Waals surface area contributed by atoms with Crippen LogP contribution in [0.5, 0.6) is 0 Å². The van der Waals surface area contributed by atoms with Crippen molar-refractivity contribution >= 4 is 5.97 Å². The number of aliphatic hydroxyl groups excluding tert-OH is 7. The summed E-state index contributed by atoms with van der Waals surface area (Å²) in [7, 11) is 0. The highest BCUT2D eigenvalue weighted by atomic mass is 16.7. The van der Waals surface area contributed by atoms with Crippen LogP contribution in [-0.4, -0.2) is 142 Å². The van der Waals surface area contributed by atoms with E-state index in [-0.39, 0.29) is 25.6 Å². The Morgan fingerprint density at radius 3 is 1.35 bits per heavy atom. The zero-order valence-corrected chi connectivity index (χ0v) is 45.2. The summed E-state index contributed by atoms with van der Waals surface area (Å²) in [5.41, 5.74) is 0. The normalized spacial score (nSPS) is 25.3. The molecule has 2 saturated heterocycles. The van der Waals surface area contributed by atoms with Crippen LogP contribution in [-0.2, 0) is 33.2 Å². The molecule has 2 heterocycles. The van der Waals surface area contributed by atoms with Crippen molar-refractivity contribution in [3.8, 4) is 0 Å². The number of unbranched alkanes of at least 4 members (excludes halogenated alkanes) is 27. The number of ether oxygens (including phenoxy) is 6. The van der Waals surface area contributed by atoms with E-state index in [0.717, 1.165) is 64.2 Å². The van der Waals surface area contributed by atoms with Crippen molar-refractivity contribution in [2.75, 3.05) is 33.0 Å². The molecule has 2 rings (SSSR count). The zero-order chi connectivity index (χ0) is 52.3. The molecule has 72 heavy (non-hydrogen) atoms. The van der Waals surface area contributed by atoms with Gasteiger partial charge in [-0.25, -0.2) is 0 Å². The van der Waals surface area contributed by atoms with Crippen LogP contribution < -0.4 is 0 Å².